The van der Waals surface area contributed by atoms with E-state index in [1.54, 1.807) is 11.3 Å². The molecule has 1 unspecified atom stereocenters. The Labute approximate surface area is 161 Å². The van der Waals surface area contributed by atoms with Crippen LogP contribution in [0.25, 0.3) is 22.0 Å². The van der Waals surface area contributed by atoms with E-state index in [0.717, 1.165) is 40.4 Å². The lowest BCUT2D eigenvalue weighted by molar-refractivity contribution is 0.100. The second kappa shape index (κ2) is 5.94. The van der Waals surface area contributed by atoms with Crippen molar-refractivity contribution in [2.24, 2.45) is 5.73 Å². The van der Waals surface area contributed by atoms with Crippen molar-refractivity contribution in [2.45, 2.75) is 42.1 Å². The van der Waals surface area contributed by atoms with E-state index in [4.69, 9.17) is 5.73 Å². The SMILES string of the molecule is NC(=O)c1cc(-c2ccsc2)cc2c(C3C[C@H]4CC[C@@H](C3)S4(=O)=O)c[nH]c12. The largest absolute Gasteiger partial charge is 0.366 e. The third-order valence-electron chi connectivity index (χ3n) is 6.22. The van der Waals surface area contributed by atoms with Crippen molar-refractivity contribution in [3.8, 4) is 11.1 Å². The summed E-state index contributed by atoms with van der Waals surface area (Å²) in [7, 11) is -2.95. The van der Waals surface area contributed by atoms with E-state index in [2.05, 4.69) is 11.1 Å². The Morgan fingerprint density at radius 1 is 1.15 bits per heavy atom. The van der Waals surface area contributed by atoms with Crippen molar-refractivity contribution < 1.29 is 13.2 Å². The van der Waals surface area contributed by atoms with Crippen molar-refractivity contribution in [1.29, 1.82) is 0 Å². The molecule has 4 heterocycles. The molecule has 2 bridgehead atoms. The first-order chi connectivity index (χ1) is 12.9. The maximum Gasteiger partial charge on any atom is 0.250 e. The van der Waals surface area contributed by atoms with E-state index < -0.39 is 15.7 Å². The molecular weight excluding hydrogens is 380 g/mol. The summed E-state index contributed by atoms with van der Waals surface area (Å²) < 4.78 is 24.9. The fourth-order valence-electron chi connectivity index (χ4n) is 4.84. The number of aromatic nitrogens is 1. The molecule has 2 aliphatic rings. The fraction of sp³-hybridized carbons (Fsp3) is 0.350. The van der Waals surface area contributed by atoms with E-state index in [0.29, 0.717) is 18.4 Å². The van der Waals surface area contributed by atoms with Gasteiger partial charge >= 0.3 is 0 Å². The maximum absolute atomic E-state index is 12.4. The number of H-pyrrole nitrogens is 1. The first kappa shape index (κ1) is 17.0. The number of carbonyl (C=O) groups excluding carboxylic acids is 1. The number of nitrogens with two attached hydrogens (primary N) is 1. The number of amides is 1. The van der Waals surface area contributed by atoms with E-state index in [1.807, 2.05) is 29.1 Å². The predicted octanol–water partition coefficient (Wildman–Crippen LogP) is 3.82. The minimum atomic E-state index is -2.95. The summed E-state index contributed by atoms with van der Waals surface area (Å²) in [6.07, 6.45) is 4.83. The zero-order valence-corrected chi connectivity index (χ0v) is 16.3. The fourth-order valence-corrected chi connectivity index (χ4v) is 7.98. The van der Waals surface area contributed by atoms with Gasteiger partial charge in [-0.2, -0.15) is 11.3 Å². The summed E-state index contributed by atoms with van der Waals surface area (Å²) >= 11 is 1.61. The molecule has 2 aliphatic heterocycles. The van der Waals surface area contributed by atoms with Crippen LogP contribution in [0.2, 0.25) is 0 Å². The third kappa shape index (κ3) is 2.56. The van der Waals surface area contributed by atoms with Crippen LogP contribution < -0.4 is 5.73 Å². The number of rotatable bonds is 3. The quantitative estimate of drug-likeness (QED) is 0.700. The summed E-state index contributed by atoms with van der Waals surface area (Å²) in [6.45, 7) is 0. The van der Waals surface area contributed by atoms with Crippen molar-refractivity contribution >= 4 is 38.0 Å². The van der Waals surface area contributed by atoms with Gasteiger partial charge in [0, 0.05) is 11.6 Å². The van der Waals surface area contributed by atoms with Crippen LogP contribution in [0.5, 0.6) is 0 Å². The normalized spacial score (nSPS) is 26.4. The van der Waals surface area contributed by atoms with Gasteiger partial charge in [-0.1, -0.05) is 0 Å². The van der Waals surface area contributed by atoms with E-state index in [-0.39, 0.29) is 16.4 Å². The zero-order chi connectivity index (χ0) is 18.8. The molecule has 3 N–H and O–H groups in total. The molecule has 3 aromatic rings. The molecule has 0 radical (unpaired) electrons. The Bertz CT molecular complexity index is 1130. The molecule has 5 rings (SSSR count). The van der Waals surface area contributed by atoms with Gasteiger partial charge in [0.2, 0.25) is 0 Å². The maximum atomic E-state index is 12.4. The number of carbonyl (C=O) groups is 1. The molecule has 2 saturated heterocycles. The molecule has 0 aliphatic carbocycles. The lowest BCUT2D eigenvalue weighted by Gasteiger charge is -2.27. The highest BCUT2D eigenvalue weighted by atomic mass is 32.2. The zero-order valence-electron chi connectivity index (χ0n) is 14.6. The van der Waals surface area contributed by atoms with Crippen molar-refractivity contribution in [3.63, 3.8) is 0 Å². The van der Waals surface area contributed by atoms with Gasteiger partial charge in [0.1, 0.15) is 0 Å². The van der Waals surface area contributed by atoms with Gasteiger partial charge in [-0.05, 0) is 77.3 Å². The lowest BCUT2D eigenvalue weighted by Crippen LogP contribution is -2.31. The second-order valence-corrected chi connectivity index (χ2v) is 10.9. The van der Waals surface area contributed by atoms with Gasteiger partial charge in [-0.15, -0.1) is 0 Å². The van der Waals surface area contributed by atoms with Crippen molar-refractivity contribution in [2.75, 3.05) is 0 Å². The minimum Gasteiger partial charge on any atom is -0.366 e. The van der Waals surface area contributed by atoms with Crippen LogP contribution in [0.4, 0.5) is 0 Å². The summed E-state index contributed by atoms with van der Waals surface area (Å²) in [5.41, 5.74) is 10.00. The summed E-state index contributed by atoms with van der Waals surface area (Å²) in [5.74, 6) is -0.269. The number of primary amides is 1. The number of benzene rings is 1. The smallest absolute Gasteiger partial charge is 0.250 e. The molecule has 1 aromatic carbocycles. The number of hydrogen-bond donors (Lipinski definition) is 2. The van der Waals surface area contributed by atoms with Crippen LogP contribution in [-0.4, -0.2) is 29.8 Å². The van der Waals surface area contributed by atoms with Crippen molar-refractivity contribution in [3.05, 3.63) is 46.3 Å². The summed E-state index contributed by atoms with van der Waals surface area (Å²) in [6, 6.07) is 5.96. The molecule has 27 heavy (non-hydrogen) atoms. The van der Waals surface area contributed by atoms with Crippen molar-refractivity contribution in [1.82, 2.24) is 4.98 Å². The lowest BCUT2D eigenvalue weighted by atomic mass is 9.89. The van der Waals surface area contributed by atoms with Crippen LogP contribution >= 0.6 is 11.3 Å². The third-order valence-corrected chi connectivity index (χ3v) is 9.61. The first-order valence-electron chi connectivity index (χ1n) is 9.15. The number of sulfone groups is 1. The second-order valence-electron chi connectivity index (χ2n) is 7.65. The van der Waals surface area contributed by atoms with Gasteiger partial charge in [-0.3, -0.25) is 4.79 Å². The van der Waals surface area contributed by atoms with Gasteiger partial charge in [0.25, 0.3) is 5.91 Å². The summed E-state index contributed by atoms with van der Waals surface area (Å²) in [4.78, 5) is 15.3. The van der Waals surface area contributed by atoms with E-state index >= 15 is 0 Å². The molecule has 3 atom stereocenters. The number of nitrogens with one attached hydrogen (secondary N) is 1. The topological polar surface area (TPSA) is 93.0 Å². The molecule has 0 saturated carbocycles. The van der Waals surface area contributed by atoms with Gasteiger partial charge < -0.3 is 10.7 Å². The number of hydrogen-bond acceptors (Lipinski definition) is 4. The van der Waals surface area contributed by atoms with Gasteiger partial charge in [0.05, 0.1) is 21.6 Å². The molecule has 140 valence electrons. The molecule has 0 spiro atoms. The molecule has 2 aromatic heterocycles. The Hall–Kier alpha value is -2.12. The molecule has 1 amide bonds. The number of thiophene rings is 1. The monoisotopic (exact) mass is 400 g/mol. The highest BCUT2D eigenvalue weighted by molar-refractivity contribution is 7.93. The molecular formula is C20H20N2O3S2. The van der Waals surface area contributed by atoms with Gasteiger partial charge in [-0.25, -0.2) is 8.42 Å². The van der Waals surface area contributed by atoms with Crippen LogP contribution in [0, 0.1) is 0 Å². The Balaban J connectivity index is 1.65. The van der Waals surface area contributed by atoms with Crippen LogP contribution in [-0.2, 0) is 9.84 Å². The Kier molecular flexibility index (Phi) is 3.74. The average Bonchev–Trinajstić information content (AvgIpc) is 3.31. The highest BCUT2D eigenvalue weighted by Gasteiger charge is 2.47. The van der Waals surface area contributed by atoms with E-state index in [1.165, 1.54) is 0 Å². The summed E-state index contributed by atoms with van der Waals surface area (Å²) in [5, 5.41) is 4.59. The van der Waals surface area contributed by atoms with E-state index in [9.17, 15) is 13.2 Å². The Morgan fingerprint density at radius 3 is 2.52 bits per heavy atom. The van der Waals surface area contributed by atoms with Gasteiger partial charge in [0.15, 0.2) is 9.84 Å². The van der Waals surface area contributed by atoms with Crippen LogP contribution in [0.15, 0.2) is 35.2 Å². The number of fused-ring (bicyclic) bond motifs is 3. The van der Waals surface area contributed by atoms with Crippen LogP contribution in [0.3, 0.4) is 0 Å². The predicted molar refractivity (Wildman–Crippen MR) is 108 cm³/mol. The average molecular weight is 401 g/mol. The molecule has 5 nitrogen and oxygen atoms in total. The highest BCUT2D eigenvalue weighted by Crippen LogP contribution is 2.47. The standard InChI is InChI=1S/C20H20N2O3S2/c21-20(23)17-8-12(11-3-4-26-10-11)7-16-18(9-22-19(16)17)13-5-14-1-2-15(6-13)27(14,24)25/h3-4,7-10,13-15,22H,1-2,5-6H2,(H2,21,23)/t13?,14-,15+. The molecule has 2 fully saturated rings. The number of aromatic amines is 1. The Morgan fingerprint density at radius 2 is 1.89 bits per heavy atom. The molecule has 7 heteroatoms. The minimum absolute atomic E-state index is 0.193. The first-order valence-corrected chi connectivity index (χ1v) is 11.7. The van der Waals surface area contributed by atoms with Crippen LogP contribution in [0.1, 0.15) is 47.5 Å².